The fourth-order valence-electron chi connectivity index (χ4n) is 3.07. The van der Waals surface area contributed by atoms with Crippen LogP contribution in [0.15, 0.2) is 18.2 Å². The highest BCUT2D eigenvalue weighted by Gasteiger charge is 2.24. The third-order valence-electron chi connectivity index (χ3n) is 4.31. The van der Waals surface area contributed by atoms with Crippen LogP contribution in [0.1, 0.15) is 36.5 Å². The molecule has 0 saturated carbocycles. The maximum absolute atomic E-state index is 12.2. The van der Waals surface area contributed by atoms with Crippen LogP contribution in [0, 0.1) is 19.8 Å². The van der Waals surface area contributed by atoms with Crippen LogP contribution in [0.25, 0.3) is 0 Å². The van der Waals surface area contributed by atoms with Crippen molar-refractivity contribution < 1.29 is 4.79 Å². The monoisotopic (exact) mass is 310 g/mol. The maximum atomic E-state index is 12.2. The van der Waals surface area contributed by atoms with Gasteiger partial charge in [0.05, 0.1) is 0 Å². The van der Waals surface area contributed by atoms with Gasteiger partial charge in [0, 0.05) is 18.5 Å². The first-order valence-electron chi connectivity index (χ1n) is 7.64. The number of benzene rings is 1. The number of hydrogen-bond acceptors (Lipinski definition) is 2. The molecular weight excluding hydrogens is 284 g/mol. The second kappa shape index (κ2) is 8.40. The molecular formula is C17H27ClN2O. The Balaban J connectivity index is 0.00000220. The molecule has 21 heavy (non-hydrogen) atoms. The van der Waals surface area contributed by atoms with Gasteiger partial charge >= 0.3 is 0 Å². The molecule has 2 N–H and O–H groups in total. The fraction of sp³-hybridized carbons (Fsp3) is 0.588. The zero-order valence-electron chi connectivity index (χ0n) is 13.2. The van der Waals surface area contributed by atoms with E-state index in [0.29, 0.717) is 6.04 Å². The number of carbonyl (C=O) groups excluding carboxylic acids is 1. The number of aryl methyl sites for hydroxylation is 2. The summed E-state index contributed by atoms with van der Waals surface area (Å²) in [5.74, 6) is 0.411. The SMILES string of the molecule is Cc1cccc(C)c1CCNC(=O)[C@H]1CCN[C@@H](C)C1.Cl. The molecule has 0 spiro atoms. The van der Waals surface area contributed by atoms with Crippen molar-refractivity contribution >= 4 is 18.3 Å². The van der Waals surface area contributed by atoms with Crippen molar-refractivity contribution in [3.05, 3.63) is 34.9 Å². The topological polar surface area (TPSA) is 41.1 Å². The van der Waals surface area contributed by atoms with Gasteiger partial charge in [0.1, 0.15) is 0 Å². The van der Waals surface area contributed by atoms with Crippen molar-refractivity contribution in [3.8, 4) is 0 Å². The normalized spacial score (nSPS) is 21.5. The lowest BCUT2D eigenvalue weighted by Gasteiger charge is -2.27. The molecule has 3 nitrogen and oxygen atoms in total. The summed E-state index contributed by atoms with van der Waals surface area (Å²) in [6.07, 6.45) is 2.83. The Hall–Kier alpha value is -1.06. The summed E-state index contributed by atoms with van der Waals surface area (Å²) in [4.78, 5) is 12.2. The second-order valence-corrected chi connectivity index (χ2v) is 5.99. The molecule has 0 aromatic heterocycles. The Morgan fingerprint density at radius 1 is 1.33 bits per heavy atom. The minimum absolute atomic E-state index is 0. The molecule has 4 heteroatoms. The molecule has 1 fully saturated rings. The first kappa shape index (κ1) is 18.0. The Morgan fingerprint density at radius 2 is 2.00 bits per heavy atom. The molecule has 1 aliphatic heterocycles. The maximum Gasteiger partial charge on any atom is 0.223 e. The Bertz CT molecular complexity index is 456. The van der Waals surface area contributed by atoms with Gasteiger partial charge in [0.2, 0.25) is 5.91 Å². The van der Waals surface area contributed by atoms with Crippen molar-refractivity contribution in [1.29, 1.82) is 0 Å². The van der Waals surface area contributed by atoms with E-state index in [-0.39, 0.29) is 24.2 Å². The molecule has 118 valence electrons. The third kappa shape index (κ3) is 5.01. The number of rotatable bonds is 4. The highest BCUT2D eigenvalue weighted by atomic mass is 35.5. The summed E-state index contributed by atoms with van der Waals surface area (Å²) in [6.45, 7) is 8.12. The van der Waals surface area contributed by atoms with E-state index in [1.54, 1.807) is 0 Å². The molecule has 0 aliphatic carbocycles. The van der Waals surface area contributed by atoms with E-state index >= 15 is 0 Å². The number of halogens is 1. The average molecular weight is 311 g/mol. The van der Waals surface area contributed by atoms with Crippen molar-refractivity contribution in [3.63, 3.8) is 0 Å². The molecule has 1 aromatic carbocycles. The third-order valence-corrected chi connectivity index (χ3v) is 4.31. The van der Waals surface area contributed by atoms with Crippen LogP contribution in [0.5, 0.6) is 0 Å². The minimum atomic E-state index is 0. The van der Waals surface area contributed by atoms with Crippen molar-refractivity contribution in [2.75, 3.05) is 13.1 Å². The zero-order chi connectivity index (χ0) is 14.5. The van der Waals surface area contributed by atoms with Crippen LogP contribution in [-0.4, -0.2) is 25.0 Å². The molecule has 1 aliphatic rings. The van der Waals surface area contributed by atoms with Crippen molar-refractivity contribution in [1.82, 2.24) is 10.6 Å². The molecule has 1 amide bonds. The molecule has 0 radical (unpaired) electrons. The van der Waals surface area contributed by atoms with Gasteiger partial charge in [-0.1, -0.05) is 18.2 Å². The van der Waals surface area contributed by atoms with Crippen LogP contribution in [-0.2, 0) is 11.2 Å². The van der Waals surface area contributed by atoms with Crippen LogP contribution in [0.3, 0.4) is 0 Å². The number of hydrogen-bond donors (Lipinski definition) is 2. The average Bonchev–Trinajstić information content (AvgIpc) is 2.42. The minimum Gasteiger partial charge on any atom is -0.356 e. The van der Waals surface area contributed by atoms with Crippen LogP contribution < -0.4 is 10.6 Å². The second-order valence-electron chi connectivity index (χ2n) is 5.99. The van der Waals surface area contributed by atoms with E-state index < -0.39 is 0 Å². The van der Waals surface area contributed by atoms with Crippen LogP contribution >= 0.6 is 12.4 Å². The van der Waals surface area contributed by atoms with Gasteiger partial charge in [-0.3, -0.25) is 4.79 Å². The van der Waals surface area contributed by atoms with E-state index in [0.717, 1.165) is 32.4 Å². The summed E-state index contributed by atoms with van der Waals surface area (Å²) >= 11 is 0. The highest BCUT2D eigenvalue weighted by Crippen LogP contribution is 2.16. The van der Waals surface area contributed by atoms with Gasteiger partial charge < -0.3 is 10.6 Å². The predicted molar refractivity (Wildman–Crippen MR) is 90.1 cm³/mol. The van der Waals surface area contributed by atoms with Crippen LogP contribution in [0.2, 0.25) is 0 Å². The van der Waals surface area contributed by atoms with Gasteiger partial charge in [0.15, 0.2) is 0 Å². The molecule has 1 saturated heterocycles. The van der Waals surface area contributed by atoms with Crippen molar-refractivity contribution in [2.45, 2.75) is 46.1 Å². The number of piperidine rings is 1. The molecule has 2 atom stereocenters. The predicted octanol–water partition coefficient (Wildman–Crippen LogP) is 2.77. The Morgan fingerprint density at radius 3 is 2.62 bits per heavy atom. The Kier molecular flexibility index (Phi) is 7.20. The summed E-state index contributed by atoms with van der Waals surface area (Å²) in [5, 5.41) is 6.49. The first-order valence-corrected chi connectivity index (χ1v) is 7.64. The van der Waals surface area contributed by atoms with E-state index in [1.165, 1.54) is 16.7 Å². The molecule has 0 bridgehead atoms. The number of carbonyl (C=O) groups is 1. The van der Waals surface area contributed by atoms with E-state index in [4.69, 9.17) is 0 Å². The van der Waals surface area contributed by atoms with E-state index in [9.17, 15) is 4.79 Å². The molecule has 2 rings (SSSR count). The quantitative estimate of drug-likeness (QED) is 0.898. The number of nitrogens with one attached hydrogen (secondary N) is 2. The lowest BCUT2D eigenvalue weighted by Crippen LogP contribution is -2.42. The van der Waals surface area contributed by atoms with Gasteiger partial charge in [0.25, 0.3) is 0 Å². The van der Waals surface area contributed by atoms with E-state index in [2.05, 4.69) is 49.6 Å². The van der Waals surface area contributed by atoms with E-state index in [1.807, 2.05) is 0 Å². The lowest BCUT2D eigenvalue weighted by atomic mass is 9.92. The van der Waals surface area contributed by atoms with Crippen LogP contribution in [0.4, 0.5) is 0 Å². The standard InChI is InChI=1S/C17H26N2O.ClH/c1-12-5-4-6-13(2)16(12)8-10-19-17(20)15-7-9-18-14(3)11-15;/h4-6,14-15,18H,7-11H2,1-3H3,(H,19,20);1H/t14-,15-;/m0./s1. The van der Waals surface area contributed by atoms with Gasteiger partial charge in [-0.05, 0) is 63.3 Å². The molecule has 1 aromatic rings. The lowest BCUT2D eigenvalue weighted by molar-refractivity contribution is -0.126. The summed E-state index contributed by atoms with van der Waals surface area (Å²) in [6, 6.07) is 6.82. The molecule has 1 heterocycles. The molecule has 0 unspecified atom stereocenters. The summed E-state index contributed by atoms with van der Waals surface area (Å²) < 4.78 is 0. The van der Waals surface area contributed by atoms with Gasteiger partial charge in [-0.25, -0.2) is 0 Å². The van der Waals surface area contributed by atoms with Gasteiger partial charge in [-0.15, -0.1) is 12.4 Å². The Labute approximate surface area is 134 Å². The summed E-state index contributed by atoms with van der Waals surface area (Å²) in [7, 11) is 0. The smallest absolute Gasteiger partial charge is 0.223 e. The summed E-state index contributed by atoms with van der Waals surface area (Å²) in [5.41, 5.74) is 4.00. The number of amides is 1. The van der Waals surface area contributed by atoms with Crippen molar-refractivity contribution in [2.24, 2.45) is 5.92 Å². The first-order chi connectivity index (χ1) is 9.58. The fourth-order valence-corrected chi connectivity index (χ4v) is 3.07. The van der Waals surface area contributed by atoms with Gasteiger partial charge in [-0.2, -0.15) is 0 Å². The largest absolute Gasteiger partial charge is 0.356 e. The zero-order valence-corrected chi connectivity index (χ0v) is 14.1. The highest BCUT2D eigenvalue weighted by molar-refractivity contribution is 5.85.